The Morgan fingerprint density at radius 2 is 0.625 bits per heavy atom. The van der Waals surface area contributed by atoms with E-state index in [0.29, 0.717) is 11.9 Å². The first-order valence-corrected chi connectivity index (χ1v) is 23.3. The van der Waals surface area contributed by atoms with Crippen molar-refractivity contribution >= 4 is 102 Å². The Kier molecular flexibility index (Phi) is 13.1. The molecule has 28 nitrogen and oxygen atoms in total. The van der Waals surface area contributed by atoms with Crippen LogP contribution in [0.25, 0.3) is 33.1 Å². The average Bonchev–Trinajstić information content (AvgIpc) is 3.75. The van der Waals surface area contributed by atoms with Gasteiger partial charge in [0, 0.05) is 0 Å². The van der Waals surface area contributed by atoms with Gasteiger partial charge in [-0.3, -0.25) is 27.3 Å². The molecule has 0 atom stereocenters. The van der Waals surface area contributed by atoms with Crippen LogP contribution < -0.4 is 26.6 Å². The maximum Gasteiger partial charge on any atom is 0.439 e. The number of nitrogens with one attached hydrogen (secondary N) is 3. The quantitative estimate of drug-likeness (QED) is 0.0430. The fraction of sp³-hybridized carbons (Fsp3) is 0. The molecule has 9 N–H and O–H groups in total. The van der Waals surface area contributed by atoms with Gasteiger partial charge in [0.25, 0.3) is 49.3 Å². The van der Waals surface area contributed by atoms with Crippen LogP contribution in [0.3, 0.4) is 0 Å². The van der Waals surface area contributed by atoms with Crippen molar-refractivity contribution < 1.29 is 109 Å². The molecule has 0 amide bonds. The van der Waals surface area contributed by atoms with E-state index < -0.39 is 83.8 Å². The number of aromatic nitrogens is 6. The molecule has 0 aliphatic heterocycles. The Hall–Kier alpha value is -4.36. The molecule has 0 aliphatic carbocycles. The lowest BCUT2D eigenvalue weighted by Gasteiger charge is -2.36. The van der Waals surface area contributed by atoms with Gasteiger partial charge in [0.1, 0.15) is 14.7 Å². The summed E-state index contributed by atoms with van der Waals surface area (Å²) in [5, 5.41) is 0. The van der Waals surface area contributed by atoms with Crippen LogP contribution >= 0.6 is 7.82 Å². The van der Waals surface area contributed by atoms with Crippen molar-refractivity contribution in [3.63, 3.8) is 0 Å². The summed E-state index contributed by atoms with van der Waals surface area (Å²) in [5.74, 6) is 0. The van der Waals surface area contributed by atoms with Crippen LogP contribution in [0.5, 0.6) is 0 Å². The molecule has 0 saturated heterocycles. The topological polar surface area (TPSA) is 471 Å². The number of hydrogen-bond donors (Lipinski definition) is 9. The number of H-pyrrole nitrogens is 3. The highest BCUT2D eigenvalue weighted by Crippen LogP contribution is 2.21. The monoisotopic (exact) mass is 932 g/mol. The van der Waals surface area contributed by atoms with Crippen molar-refractivity contribution in [2.45, 2.75) is 14.7 Å². The van der Waals surface area contributed by atoms with Crippen molar-refractivity contribution in [1.82, 2.24) is 15.0 Å². The molecule has 308 valence electrons. The highest BCUT2D eigenvalue weighted by atomic mass is 32.3. The first-order valence-electron chi connectivity index (χ1n) is 13.3. The second-order valence-corrected chi connectivity index (χ2v) is 18.9. The molecule has 0 spiro atoms. The van der Waals surface area contributed by atoms with Crippen LogP contribution in [0.1, 0.15) is 0 Å². The minimum absolute atomic E-state index is 0.0948. The van der Waals surface area contributed by atoms with E-state index in [9.17, 15) is 50.5 Å². The number of phosphoric acid groups is 1. The van der Waals surface area contributed by atoms with Gasteiger partial charge < -0.3 is 19.2 Å². The van der Waals surface area contributed by atoms with Crippen LogP contribution in [0.4, 0.5) is 0 Å². The summed E-state index contributed by atoms with van der Waals surface area (Å²) < 4.78 is 195. The lowest BCUT2D eigenvalue weighted by molar-refractivity contribution is -0.489. The van der Waals surface area contributed by atoms with Crippen molar-refractivity contribution in [3.8, 4) is 0 Å². The highest BCUT2D eigenvalue weighted by Gasteiger charge is 2.28. The van der Waals surface area contributed by atoms with Crippen molar-refractivity contribution in [2.24, 2.45) is 0 Å². The Labute approximate surface area is 313 Å². The van der Waals surface area contributed by atoms with E-state index >= 15 is 0 Å². The number of rotatable bonds is 6. The van der Waals surface area contributed by atoms with E-state index in [1.807, 2.05) is 0 Å². The molecule has 56 heavy (non-hydrogen) atoms. The minimum Gasteiger partial charge on any atom is -0.822 e. The maximum atomic E-state index is 11.0. The third kappa shape index (κ3) is 11.6. The van der Waals surface area contributed by atoms with Crippen LogP contribution in [-0.4, -0.2) is 92.8 Å². The number of fused-ring (bicyclic) bond motifs is 3. The number of hydrogen-bond acceptors (Lipinski definition) is 16. The van der Waals surface area contributed by atoms with E-state index in [1.165, 1.54) is 36.4 Å². The van der Waals surface area contributed by atoms with Crippen molar-refractivity contribution in [1.29, 1.82) is 0 Å². The molecular formula is C21H21N6O22PS6. The van der Waals surface area contributed by atoms with Crippen molar-refractivity contribution in [2.75, 3.05) is 0 Å². The molecule has 0 fully saturated rings. The summed E-state index contributed by atoms with van der Waals surface area (Å²) in [4.78, 5) is 31.3. The molecule has 3 heterocycles. The second kappa shape index (κ2) is 15.9. The Morgan fingerprint density at radius 3 is 0.786 bits per heavy atom. The SMILES string of the molecule is O=P([O-])([O-])[O-].O=S(=O)(O)c1cccc2c1[nH]c[n+]2S(=O)(=O)O.O=S(=O)(O)c1cccc2c1[nH]c[n+]2S(=O)(=O)O.O=S(=O)(O)c1cccc2c1[nH]c[n+]2S(=O)(=O)O. The van der Waals surface area contributed by atoms with E-state index in [1.54, 1.807) is 0 Å². The summed E-state index contributed by atoms with van der Waals surface area (Å²) in [7, 11) is -32.5. The molecule has 35 heteroatoms. The van der Waals surface area contributed by atoms with Gasteiger partial charge in [-0.05, 0) is 36.4 Å². The zero-order valence-electron chi connectivity index (χ0n) is 26.4. The fourth-order valence-electron chi connectivity index (χ4n) is 4.34. The third-order valence-electron chi connectivity index (χ3n) is 6.28. The molecule has 0 bridgehead atoms. The molecule has 0 unspecified atom stereocenters. The Bertz CT molecular complexity index is 2870. The number of benzene rings is 3. The van der Waals surface area contributed by atoms with Gasteiger partial charge in [-0.2, -0.15) is 58.3 Å². The molecular weight excluding hydrogens is 912 g/mol. The summed E-state index contributed by atoms with van der Waals surface area (Å²) in [5.41, 5.74) is -0.638. The van der Waals surface area contributed by atoms with Crippen LogP contribution in [-0.2, 0) is 65.8 Å². The molecule has 3 aromatic heterocycles. The molecule has 0 aliphatic rings. The van der Waals surface area contributed by atoms with Gasteiger partial charge >= 0.3 is 30.9 Å². The molecule has 6 rings (SSSR count). The van der Waals surface area contributed by atoms with Crippen LogP contribution in [0.2, 0.25) is 0 Å². The average molecular weight is 933 g/mol. The predicted molar refractivity (Wildman–Crippen MR) is 173 cm³/mol. The second-order valence-electron chi connectivity index (χ2n) is 9.96. The lowest BCUT2D eigenvalue weighted by Crippen LogP contribution is -2.40. The largest absolute Gasteiger partial charge is 0.822 e. The van der Waals surface area contributed by atoms with Gasteiger partial charge in [0.15, 0.2) is 33.1 Å². The number of para-hydroxylation sites is 3. The van der Waals surface area contributed by atoms with E-state index in [4.69, 9.17) is 46.6 Å². The Balaban J connectivity index is 0.000000212. The number of imidazole rings is 3. The van der Waals surface area contributed by atoms with Gasteiger partial charge in [-0.1, -0.05) is 30.1 Å². The normalized spacial score (nSPS) is 12.9. The molecule has 0 radical (unpaired) electrons. The maximum absolute atomic E-state index is 11.0. The fourth-order valence-corrected chi connectivity index (χ4v) is 8.12. The standard InChI is InChI=1S/3C7H6N2O6S2.H3O4P/c3*10-16(11,12)6-3-1-2-5-7(6)8-4-9(5)17(13,14)15;1-5(2,3)4/h3*1-4H,(H2,10,11,12,13,14,15);(H3,1,2,3,4). The first-order chi connectivity index (χ1) is 25.1. The third-order valence-corrected chi connectivity index (χ3v) is 11.4. The first kappa shape index (κ1) is 46.0. The van der Waals surface area contributed by atoms with Gasteiger partial charge in [0.05, 0.1) is 0 Å². The van der Waals surface area contributed by atoms with E-state index in [2.05, 4.69) is 15.0 Å². The zero-order chi connectivity index (χ0) is 43.0. The zero-order valence-corrected chi connectivity index (χ0v) is 32.2. The van der Waals surface area contributed by atoms with Gasteiger partial charge in [-0.15, -0.1) is 0 Å². The predicted octanol–water partition coefficient (Wildman–Crippen LogP) is -4.77. The molecule has 0 saturated carbocycles. The number of nitrogens with zero attached hydrogens (tertiary/aromatic N) is 3. The molecule has 3 aromatic carbocycles. The lowest BCUT2D eigenvalue weighted by atomic mass is 10.3. The van der Waals surface area contributed by atoms with Gasteiger partial charge in [0.2, 0.25) is 0 Å². The summed E-state index contributed by atoms with van der Waals surface area (Å²) in [6, 6.07) is 10.8. The van der Waals surface area contributed by atoms with E-state index in [0.717, 1.165) is 37.2 Å². The minimum atomic E-state index is -5.39. The van der Waals surface area contributed by atoms with Crippen LogP contribution in [0.15, 0.2) is 88.3 Å². The molecule has 6 aromatic rings. The van der Waals surface area contributed by atoms with Crippen LogP contribution in [0, 0.1) is 0 Å². The summed E-state index contributed by atoms with van der Waals surface area (Å²) in [6.45, 7) is 0. The van der Waals surface area contributed by atoms with Gasteiger partial charge in [-0.25, -0.2) is 15.0 Å². The van der Waals surface area contributed by atoms with Crippen molar-refractivity contribution in [3.05, 3.63) is 73.6 Å². The van der Waals surface area contributed by atoms with E-state index in [-0.39, 0.29) is 33.1 Å². The highest BCUT2D eigenvalue weighted by molar-refractivity contribution is 7.86. The summed E-state index contributed by atoms with van der Waals surface area (Å²) in [6.07, 6.45) is 2.61. The smallest absolute Gasteiger partial charge is 0.439 e. The Morgan fingerprint density at radius 1 is 0.429 bits per heavy atom. The number of aromatic amines is 3. The summed E-state index contributed by atoms with van der Waals surface area (Å²) >= 11 is 0.